The molecule has 136 valence electrons. The van der Waals surface area contributed by atoms with Crippen molar-refractivity contribution in [3.05, 3.63) is 59.2 Å². The molecule has 1 spiro atoms. The Morgan fingerprint density at radius 2 is 1.69 bits per heavy atom. The molecule has 2 aliphatic heterocycles. The number of fused-ring (bicyclic) bond motifs is 2. The van der Waals surface area contributed by atoms with E-state index in [2.05, 4.69) is 29.2 Å². The zero-order chi connectivity index (χ0) is 18.1. The molecular weight excluding hydrogens is 330 g/mol. The van der Waals surface area contributed by atoms with Gasteiger partial charge < -0.3 is 14.2 Å². The first-order valence-corrected chi connectivity index (χ1v) is 8.91. The number of methoxy groups -OCH3 is 2. The highest BCUT2D eigenvalue weighted by molar-refractivity contribution is 5.95. The number of esters is 1. The minimum Gasteiger partial charge on any atom is -0.493 e. The lowest BCUT2D eigenvalue weighted by molar-refractivity contribution is -0.0441. The molecule has 0 aromatic heterocycles. The van der Waals surface area contributed by atoms with E-state index in [0.29, 0.717) is 17.1 Å². The second-order valence-corrected chi connectivity index (χ2v) is 6.90. The van der Waals surface area contributed by atoms with Crippen molar-refractivity contribution in [2.45, 2.75) is 25.0 Å². The molecule has 0 bridgehead atoms. The smallest absolute Gasteiger partial charge is 0.339 e. The zero-order valence-electron chi connectivity index (χ0n) is 15.2. The Morgan fingerprint density at radius 3 is 2.35 bits per heavy atom. The molecule has 0 saturated carbocycles. The fourth-order valence-corrected chi connectivity index (χ4v) is 4.00. The maximum Gasteiger partial charge on any atom is 0.339 e. The number of rotatable bonds is 4. The molecule has 2 heterocycles. The van der Waals surface area contributed by atoms with Crippen LogP contribution < -0.4 is 9.47 Å². The van der Waals surface area contributed by atoms with Gasteiger partial charge in [0.05, 0.1) is 19.8 Å². The van der Waals surface area contributed by atoms with E-state index in [4.69, 9.17) is 14.2 Å². The fourth-order valence-electron chi connectivity index (χ4n) is 4.00. The molecule has 26 heavy (non-hydrogen) atoms. The van der Waals surface area contributed by atoms with Crippen LogP contribution in [-0.2, 0) is 16.9 Å². The lowest BCUT2D eigenvalue weighted by atomic mass is 9.83. The number of hydrogen-bond donors (Lipinski definition) is 0. The third kappa shape index (κ3) is 2.82. The van der Waals surface area contributed by atoms with Gasteiger partial charge in [-0.05, 0) is 17.7 Å². The van der Waals surface area contributed by atoms with Crippen LogP contribution in [0.3, 0.4) is 0 Å². The van der Waals surface area contributed by atoms with Crippen LogP contribution in [0.2, 0.25) is 0 Å². The van der Waals surface area contributed by atoms with Gasteiger partial charge >= 0.3 is 5.97 Å². The lowest BCUT2D eigenvalue weighted by Crippen LogP contribution is -2.42. The van der Waals surface area contributed by atoms with Crippen molar-refractivity contribution < 1.29 is 19.0 Å². The highest BCUT2D eigenvalue weighted by Crippen LogP contribution is 2.47. The average Bonchev–Trinajstić information content (AvgIpc) is 2.94. The summed E-state index contributed by atoms with van der Waals surface area (Å²) in [5, 5.41) is 0. The molecular formula is C21H23NO4. The molecule has 2 aromatic rings. The van der Waals surface area contributed by atoms with Crippen molar-refractivity contribution >= 4 is 5.97 Å². The summed E-state index contributed by atoms with van der Waals surface area (Å²) in [5.41, 5.74) is 2.29. The van der Waals surface area contributed by atoms with Gasteiger partial charge in [-0.15, -0.1) is 0 Å². The Morgan fingerprint density at radius 1 is 1.04 bits per heavy atom. The SMILES string of the molecule is COc1cc2c(cc1OC)C1(CCN(Cc3ccccc3)CC1)OC2=O. The maximum atomic E-state index is 12.4. The van der Waals surface area contributed by atoms with Crippen LogP contribution in [0.15, 0.2) is 42.5 Å². The summed E-state index contributed by atoms with van der Waals surface area (Å²) < 4.78 is 16.6. The van der Waals surface area contributed by atoms with Gasteiger partial charge in [0.25, 0.3) is 0 Å². The van der Waals surface area contributed by atoms with E-state index < -0.39 is 5.60 Å². The largest absolute Gasteiger partial charge is 0.493 e. The van der Waals surface area contributed by atoms with Crippen molar-refractivity contribution in [3.8, 4) is 11.5 Å². The van der Waals surface area contributed by atoms with Gasteiger partial charge in [0.2, 0.25) is 0 Å². The Kier molecular flexibility index (Phi) is 4.32. The molecule has 0 radical (unpaired) electrons. The molecule has 2 aliphatic rings. The molecule has 4 rings (SSSR count). The molecule has 5 heteroatoms. The molecule has 0 atom stereocenters. The minimum atomic E-state index is -0.543. The van der Waals surface area contributed by atoms with Gasteiger partial charge in [-0.2, -0.15) is 0 Å². The van der Waals surface area contributed by atoms with Crippen molar-refractivity contribution in [1.82, 2.24) is 4.90 Å². The quantitative estimate of drug-likeness (QED) is 0.789. The molecule has 1 saturated heterocycles. The Bertz CT molecular complexity index is 810. The fraction of sp³-hybridized carbons (Fsp3) is 0.381. The molecule has 1 fully saturated rings. The number of carbonyl (C=O) groups is 1. The highest BCUT2D eigenvalue weighted by atomic mass is 16.6. The molecule has 0 amide bonds. The van der Waals surface area contributed by atoms with E-state index in [1.165, 1.54) is 5.56 Å². The van der Waals surface area contributed by atoms with E-state index in [1.54, 1.807) is 20.3 Å². The Hall–Kier alpha value is -2.53. The second-order valence-electron chi connectivity index (χ2n) is 6.90. The van der Waals surface area contributed by atoms with E-state index in [-0.39, 0.29) is 5.97 Å². The van der Waals surface area contributed by atoms with Gasteiger partial charge in [-0.25, -0.2) is 4.79 Å². The molecule has 0 aliphatic carbocycles. The van der Waals surface area contributed by atoms with Gasteiger partial charge in [0.15, 0.2) is 11.5 Å². The summed E-state index contributed by atoms with van der Waals surface area (Å²) in [7, 11) is 3.18. The summed E-state index contributed by atoms with van der Waals surface area (Å²) in [6.07, 6.45) is 1.57. The predicted molar refractivity (Wildman–Crippen MR) is 97.6 cm³/mol. The van der Waals surface area contributed by atoms with Crippen molar-refractivity contribution in [2.75, 3.05) is 27.3 Å². The number of piperidine rings is 1. The summed E-state index contributed by atoms with van der Waals surface area (Å²) in [5.74, 6) is 0.926. The topological polar surface area (TPSA) is 48.0 Å². The van der Waals surface area contributed by atoms with Gasteiger partial charge in [-0.3, -0.25) is 4.90 Å². The second kappa shape index (κ2) is 6.65. The number of nitrogens with zero attached hydrogens (tertiary/aromatic N) is 1. The summed E-state index contributed by atoms with van der Waals surface area (Å²) in [6.45, 7) is 2.69. The highest BCUT2D eigenvalue weighted by Gasteiger charge is 2.48. The first-order chi connectivity index (χ1) is 12.6. The van der Waals surface area contributed by atoms with Crippen LogP contribution in [0.25, 0.3) is 0 Å². The lowest BCUT2D eigenvalue weighted by Gasteiger charge is -2.38. The monoisotopic (exact) mass is 353 g/mol. The van der Waals surface area contributed by atoms with Crippen molar-refractivity contribution in [3.63, 3.8) is 0 Å². The van der Waals surface area contributed by atoms with Gasteiger partial charge in [0, 0.05) is 38.0 Å². The number of benzene rings is 2. The number of hydrogen-bond acceptors (Lipinski definition) is 5. The first-order valence-electron chi connectivity index (χ1n) is 8.91. The molecule has 5 nitrogen and oxygen atoms in total. The standard InChI is InChI=1S/C21H23NO4/c1-24-18-12-16-17(13-19(18)25-2)21(26-20(16)23)8-10-22(11-9-21)14-15-6-4-3-5-7-15/h3-7,12-13H,8-11,14H2,1-2H3. The third-order valence-electron chi connectivity index (χ3n) is 5.44. The van der Waals surface area contributed by atoms with E-state index in [0.717, 1.165) is 38.0 Å². The van der Waals surface area contributed by atoms with Crippen LogP contribution in [0, 0.1) is 0 Å². The Labute approximate surface area is 153 Å². The van der Waals surface area contributed by atoms with Crippen LogP contribution in [-0.4, -0.2) is 38.2 Å². The Balaban J connectivity index is 1.56. The number of ether oxygens (including phenoxy) is 3. The van der Waals surface area contributed by atoms with Gasteiger partial charge in [0.1, 0.15) is 5.60 Å². The molecule has 2 aromatic carbocycles. The van der Waals surface area contributed by atoms with Crippen LogP contribution in [0.5, 0.6) is 11.5 Å². The predicted octanol–water partition coefficient (Wildman–Crippen LogP) is 3.37. The maximum absolute atomic E-state index is 12.4. The van der Waals surface area contributed by atoms with Crippen LogP contribution >= 0.6 is 0 Å². The van der Waals surface area contributed by atoms with E-state index in [1.807, 2.05) is 12.1 Å². The normalized spacial score (nSPS) is 18.5. The zero-order valence-corrected chi connectivity index (χ0v) is 15.2. The van der Waals surface area contributed by atoms with Crippen molar-refractivity contribution in [2.24, 2.45) is 0 Å². The summed E-state index contributed by atoms with van der Waals surface area (Å²) in [6, 6.07) is 14.1. The van der Waals surface area contributed by atoms with Crippen LogP contribution in [0.1, 0.15) is 34.3 Å². The van der Waals surface area contributed by atoms with Crippen molar-refractivity contribution in [1.29, 1.82) is 0 Å². The molecule has 0 unspecified atom stereocenters. The van der Waals surface area contributed by atoms with Gasteiger partial charge in [-0.1, -0.05) is 30.3 Å². The minimum absolute atomic E-state index is 0.266. The number of carbonyl (C=O) groups excluding carboxylic acids is 1. The summed E-state index contributed by atoms with van der Waals surface area (Å²) in [4.78, 5) is 14.9. The summed E-state index contributed by atoms with van der Waals surface area (Å²) >= 11 is 0. The first kappa shape index (κ1) is 16.9. The molecule has 0 N–H and O–H groups in total. The third-order valence-corrected chi connectivity index (χ3v) is 5.44. The average molecular weight is 353 g/mol. The van der Waals surface area contributed by atoms with E-state index in [9.17, 15) is 4.79 Å². The van der Waals surface area contributed by atoms with E-state index >= 15 is 0 Å². The van der Waals surface area contributed by atoms with Crippen LogP contribution in [0.4, 0.5) is 0 Å². The number of likely N-dealkylation sites (tertiary alicyclic amines) is 1.